The molecular weight excluding hydrogens is 254 g/mol. The molecule has 2 atom stereocenters. The molecule has 106 valence electrons. The molecule has 3 nitrogen and oxygen atoms in total. The quantitative estimate of drug-likeness (QED) is 0.786. The maximum Gasteiger partial charge on any atom is 0.107 e. The van der Waals surface area contributed by atoms with E-state index in [-0.39, 0.29) is 0 Å². The van der Waals surface area contributed by atoms with Gasteiger partial charge in [-0.05, 0) is 51.0 Å². The fourth-order valence-corrected chi connectivity index (χ4v) is 4.34. The van der Waals surface area contributed by atoms with E-state index in [1.54, 1.807) is 0 Å². The Kier molecular flexibility index (Phi) is 4.51. The molecule has 2 bridgehead atoms. The van der Waals surface area contributed by atoms with Crippen LogP contribution in [0.1, 0.15) is 48.9 Å². The van der Waals surface area contributed by atoms with Crippen LogP contribution in [-0.2, 0) is 13.0 Å². The Bertz CT molecular complexity index is 392. The average molecular weight is 279 g/mol. The number of nitrogens with one attached hydrogen (secondary N) is 2. The van der Waals surface area contributed by atoms with Crippen molar-refractivity contribution >= 4 is 11.3 Å². The van der Waals surface area contributed by atoms with Crippen molar-refractivity contribution in [3.05, 3.63) is 16.1 Å². The van der Waals surface area contributed by atoms with E-state index >= 15 is 0 Å². The molecule has 1 aromatic rings. The Balaban J connectivity index is 1.34. The second-order valence-corrected chi connectivity index (χ2v) is 7.21. The molecule has 0 saturated carbocycles. The summed E-state index contributed by atoms with van der Waals surface area (Å²) < 4.78 is 0. The lowest BCUT2D eigenvalue weighted by Crippen LogP contribution is -2.38. The zero-order valence-corrected chi connectivity index (χ0v) is 12.6. The van der Waals surface area contributed by atoms with Crippen molar-refractivity contribution in [1.82, 2.24) is 15.6 Å². The minimum absolute atomic E-state index is 0.829. The zero-order valence-electron chi connectivity index (χ0n) is 11.8. The molecule has 3 rings (SSSR count). The minimum atomic E-state index is 0.829. The molecule has 0 aromatic carbocycles. The lowest BCUT2D eigenvalue weighted by molar-refractivity contribution is 0.283. The molecule has 3 heterocycles. The summed E-state index contributed by atoms with van der Waals surface area (Å²) in [6.07, 6.45) is 10.1. The highest BCUT2D eigenvalue weighted by Crippen LogP contribution is 2.32. The second-order valence-electron chi connectivity index (χ2n) is 6.01. The van der Waals surface area contributed by atoms with E-state index in [1.807, 2.05) is 17.5 Å². The van der Waals surface area contributed by atoms with Crippen molar-refractivity contribution in [2.75, 3.05) is 6.54 Å². The molecule has 2 saturated heterocycles. The Morgan fingerprint density at radius 3 is 2.84 bits per heavy atom. The van der Waals surface area contributed by atoms with Crippen LogP contribution in [0.2, 0.25) is 0 Å². The fourth-order valence-electron chi connectivity index (χ4n) is 3.51. The van der Waals surface area contributed by atoms with Gasteiger partial charge in [0.1, 0.15) is 5.01 Å². The Labute approximate surface area is 120 Å². The maximum absolute atomic E-state index is 4.45. The van der Waals surface area contributed by atoms with Gasteiger partial charge in [0, 0.05) is 29.7 Å². The monoisotopic (exact) mass is 279 g/mol. The van der Waals surface area contributed by atoms with Gasteiger partial charge >= 0.3 is 0 Å². The molecular formula is C15H25N3S. The molecule has 1 aromatic heterocycles. The molecule has 0 amide bonds. The maximum atomic E-state index is 4.45. The first-order chi connectivity index (χ1) is 9.33. The van der Waals surface area contributed by atoms with Crippen molar-refractivity contribution in [3.63, 3.8) is 0 Å². The molecule has 4 heteroatoms. The van der Waals surface area contributed by atoms with Gasteiger partial charge in [-0.3, -0.25) is 0 Å². The predicted octanol–water partition coefficient (Wildman–Crippen LogP) is 2.72. The minimum Gasteiger partial charge on any atom is -0.311 e. The molecule has 19 heavy (non-hydrogen) atoms. The smallest absolute Gasteiger partial charge is 0.107 e. The normalized spacial score (nSPS) is 29.8. The third-order valence-electron chi connectivity index (χ3n) is 4.53. The van der Waals surface area contributed by atoms with E-state index in [1.165, 1.54) is 42.0 Å². The van der Waals surface area contributed by atoms with Gasteiger partial charge in [-0.25, -0.2) is 4.98 Å². The van der Waals surface area contributed by atoms with E-state index in [4.69, 9.17) is 0 Å². The van der Waals surface area contributed by atoms with Gasteiger partial charge in [0.05, 0.1) is 0 Å². The van der Waals surface area contributed by atoms with Crippen LogP contribution in [0.4, 0.5) is 0 Å². The standard InChI is InChI=1S/C15H25N3S/c1-2-14-9-17-15(19-14)10-16-6-5-11-7-12-3-4-13(8-11)18-12/h9,11-13,16,18H,2-8,10H2,1H3. The Hall–Kier alpha value is -0.450. The van der Waals surface area contributed by atoms with Gasteiger partial charge in [0.25, 0.3) is 0 Å². The first-order valence-electron chi connectivity index (χ1n) is 7.74. The van der Waals surface area contributed by atoms with Crippen molar-refractivity contribution in [2.45, 2.75) is 64.1 Å². The highest BCUT2D eigenvalue weighted by atomic mass is 32.1. The summed E-state index contributed by atoms with van der Waals surface area (Å²) in [6.45, 7) is 4.28. The number of aryl methyl sites for hydroxylation is 1. The summed E-state index contributed by atoms with van der Waals surface area (Å²) in [5, 5.41) is 8.52. The summed E-state index contributed by atoms with van der Waals surface area (Å²) >= 11 is 1.85. The largest absolute Gasteiger partial charge is 0.311 e. The van der Waals surface area contributed by atoms with Crippen molar-refractivity contribution in [2.24, 2.45) is 5.92 Å². The van der Waals surface area contributed by atoms with Gasteiger partial charge in [0.2, 0.25) is 0 Å². The van der Waals surface area contributed by atoms with Crippen molar-refractivity contribution in [3.8, 4) is 0 Å². The molecule has 2 aliphatic heterocycles. The average Bonchev–Trinajstić information content (AvgIpc) is 3.01. The fraction of sp³-hybridized carbons (Fsp3) is 0.800. The Morgan fingerprint density at radius 1 is 1.37 bits per heavy atom. The van der Waals surface area contributed by atoms with Crippen molar-refractivity contribution in [1.29, 1.82) is 0 Å². The van der Waals surface area contributed by atoms with Crippen LogP contribution in [0.3, 0.4) is 0 Å². The summed E-state index contributed by atoms with van der Waals surface area (Å²) in [6, 6.07) is 1.66. The van der Waals surface area contributed by atoms with E-state index in [0.717, 1.165) is 37.5 Å². The van der Waals surface area contributed by atoms with Crippen LogP contribution in [-0.4, -0.2) is 23.6 Å². The van der Waals surface area contributed by atoms with E-state index in [0.29, 0.717) is 0 Å². The third kappa shape index (κ3) is 3.56. The third-order valence-corrected chi connectivity index (χ3v) is 5.67. The molecule has 2 unspecified atom stereocenters. The number of thiazole rings is 1. The van der Waals surface area contributed by atoms with Gasteiger partial charge in [-0.2, -0.15) is 0 Å². The van der Waals surface area contributed by atoms with E-state index in [2.05, 4.69) is 22.5 Å². The summed E-state index contributed by atoms with van der Waals surface area (Å²) in [4.78, 5) is 5.85. The van der Waals surface area contributed by atoms with E-state index < -0.39 is 0 Å². The molecule has 0 spiro atoms. The van der Waals surface area contributed by atoms with Gasteiger partial charge < -0.3 is 10.6 Å². The van der Waals surface area contributed by atoms with Gasteiger partial charge in [-0.1, -0.05) is 6.92 Å². The van der Waals surface area contributed by atoms with Crippen LogP contribution in [0.5, 0.6) is 0 Å². The van der Waals surface area contributed by atoms with Crippen LogP contribution in [0.15, 0.2) is 6.20 Å². The number of hydrogen-bond acceptors (Lipinski definition) is 4. The van der Waals surface area contributed by atoms with E-state index in [9.17, 15) is 0 Å². The summed E-state index contributed by atoms with van der Waals surface area (Å²) in [7, 11) is 0. The highest BCUT2D eigenvalue weighted by molar-refractivity contribution is 7.11. The molecule has 2 N–H and O–H groups in total. The number of fused-ring (bicyclic) bond motifs is 2. The van der Waals surface area contributed by atoms with Gasteiger partial charge in [0.15, 0.2) is 0 Å². The number of piperidine rings is 1. The first kappa shape index (κ1) is 13.5. The number of nitrogens with zero attached hydrogens (tertiary/aromatic N) is 1. The summed E-state index contributed by atoms with van der Waals surface area (Å²) in [5.41, 5.74) is 0. The van der Waals surface area contributed by atoms with Crippen LogP contribution < -0.4 is 10.6 Å². The summed E-state index contributed by atoms with van der Waals surface area (Å²) in [5.74, 6) is 0.939. The van der Waals surface area contributed by atoms with Crippen LogP contribution in [0.25, 0.3) is 0 Å². The molecule has 0 radical (unpaired) electrons. The lowest BCUT2D eigenvalue weighted by atomic mass is 9.90. The predicted molar refractivity (Wildman–Crippen MR) is 80.5 cm³/mol. The first-order valence-corrected chi connectivity index (χ1v) is 8.55. The van der Waals surface area contributed by atoms with Crippen LogP contribution >= 0.6 is 11.3 Å². The molecule has 0 aliphatic carbocycles. The van der Waals surface area contributed by atoms with Crippen molar-refractivity contribution < 1.29 is 0 Å². The topological polar surface area (TPSA) is 37.0 Å². The van der Waals surface area contributed by atoms with Crippen LogP contribution in [0, 0.1) is 5.92 Å². The number of hydrogen-bond donors (Lipinski definition) is 2. The molecule has 2 fully saturated rings. The van der Waals surface area contributed by atoms with Gasteiger partial charge in [-0.15, -0.1) is 11.3 Å². The lowest BCUT2D eigenvalue weighted by Gasteiger charge is -2.29. The zero-order chi connectivity index (χ0) is 13.1. The SMILES string of the molecule is CCc1cnc(CNCCC2CC3CCC(C2)N3)s1. The Morgan fingerprint density at radius 2 is 2.16 bits per heavy atom. The number of rotatable bonds is 6. The second kappa shape index (κ2) is 6.33. The molecule has 2 aliphatic rings. The number of aromatic nitrogens is 1. The highest BCUT2D eigenvalue weighted by Gasteiger charge is 2.32.